The molecule has 0 aliphatic carbocycles. The monoisotopic (exact) mass is 282 g/mol. The highest BCUT2D eigenvalue weighted by Crippen LogP contribution is 2.30. The average molecular weight is 283 g/mol. The number of hydrogen-bond donors (Lipinski definition) is 1. The van der Waals surface area contributed by atoms with Crippen molar-refractivity contribution in [2.24, 2.45) is 0 Å². The van der Waals surface area contributed by atoms with Gasteiger partial charge in [0, 0.05) is 9.79 Å². The molecular formula is C13H8ClFO2S. The second kappa shape index (κ2) is 5.42. The van der Waals surface area contributed by atoms with E-state index in [1.54, 1.807) is 24.3 Å². The van der Waals surface area contributed by atoms with Crippen LogP contribution < -0.4 is 0 Å². The summed E-state index contributed by atoms with van der Waals surface area (Å²) >= 11 is 7.25. The second-order valence-electron chi connectivity index (χ2n) is 3.50. The van der Waals surface area contributed by atoms with E-state index in [-0.39, 0.29) is 16.4 Å². The van der Waals surface area contributed by atoms with Crippen molar-refractivity contribution in [2.45, 2.75) is 9.79 Å². The number of carboxylic acid groups (broad SMARTS) is 1. The van der Waals surface area contributed by atoms with Crippen LogP contribution in [0.25, 0.3) is 0 Å². The molecule has 92 valence electrons. The Hall–Kier alpha value is -1.52. The van der Waals surface area contributed by atoms with Crippen molar-refractivity contribution in [1.82, 2.24) is 0 Å². The summed E-state index contributed by atoms with van der Waals surface area (Å²) in [5, 5.41) is 9.03. The molecule has 18 heavy (non-hydrogen) atoms. The van der Waals surface area contributed by atoms with Crippen molar-refractivity contribution in [1.29, 1.82) is 0 Å². The normalized spacial score (nSPS) is 10.3. The molecule has 0 atom stereocenters. The minimum atomic E-state index is -1.06. The van der Waals surface area contributed by atoms with Gasteiger partial charge in [-0.2, -0.15) is 0 Å². The summed E-state index contributed by atoms with van der Waals surface area (Å²) in [6.07, 6.45) is 0. The van der Waals surface area contributed by atoms with E-state index in [1.165, 1.54) is 30.0 Å². The average Bonchev–Trinajstić information content (AvgIpc) is 2.32. The third-order valence-corrected chi connectivity index (χ3v) is 3.53. The fourth-order valence-corrected chi connectivity index (χ4v) is 2.55. The van der Waals surface area contributed by atoms with Crippen molar-refractivity contribution in [3.05, 3.63) is 58.9 Å². The van der Waals surface area contributed by atoms with Crippen LogP contribution in [-0.4, -0.2) is 11.1 Å². The van der Waals surface area contributed by atoms with Crippen LogP contribution in [-0.2, 0) is 0 Å². The smallest absolute Gasteiger partial charge is 0.337 e. The van der Waals surface area contributed by atoms with Gasteiger partial charge in [-0.25, -0.2) is 9.18 Å². The first kappa shape index (κ1) is 12.9. The summed E-state index contributed by atoms with van der Waals surface area (Å²) in [4.78, 5) is 12.5. The molecule has 2 nitrogen and oxygen atoms in total. The Bertz CT molecular complexity index is 584. The van der Waals surface area contributed by atoms with Crippen molar-refractivity contribution in [2.75, 3.05) is 0 Å². The van der Waals surface area contributed by atoms with Gasteiger partial charge in [0.2, 0.25) is 0 Å². The zero-order valence-electron chi connectivity index (χ0n) is 9.06. The van der Waals surface area contributed by atoms with Gasteiger partial charge in [0.05, 0.1) is 10.6 Å². The van der Waals surface area contributed by atoms with E-state index >= 15 is 0 Å². The zero-order valence-corrected chi connectivity index (χ0v) is 10.6. The highest BCUT2D eigenvalue weighted by atomic mass is 35.5. The minimum absolute atomic E-state index is 0.0696. The van der Waals surface area contributed by atoms with E-state index in [0.29, 0.717) is 0 Å². The Balaban J connectivity index is 2.22. The summed E-state index contributed by atoms with van der Waals surface area (Å²) in [7, 11) is 0. The molecule has 5 heteroatoms. The third-order valence-electron chi connectivity index (χ3n) is 2.22. The lowest BCUT2D eigenvalue weighted by atomic mass is 10.2. The second-order valence-corrected chi connectivity index (χ2v) is 5.06. The predicted octanol–water partition coefficient (Wildman–Crippen LogP) is 4.33. The molecular weight excluding hydrogens is 275 g/mol. The lowest BCUT2D eigenvalue weighted by Gasteiger charge is -2.04. The molecule has 0 spiro atoms. The maximum absolute atomic E-state index is 12.7. The predicted molar refractivity (Wildman–Crippen MR) is 68.9 cm³/mol. The van der Waals surface area contributed by atoms with E-state index in [0.717, 1.165) is 9.79 Å². The molecule has 0 saturated carbocycles. The van der Waals surface area contributed by atoms with E-state index < -0.39 is 5.97 Å². The first-order valence-electron chi connectivity index (χ1n) is 5.02. The van der Waals surface area contributed by atoms with Crippen molar-refractivity contribution >= 4 is 29.3 Å². The highest BCUT2D eigenvalue weighted by Gasteiger charge is 2.09. The van der Waals surface area contributed by atoms with Crippen LogP contribution >= 0.6 is 23.4 Å². The van der Waals surface area contributed by atoms with E-state index in [2.05, 4.69) is 0 Å². The summed E-state index contributed by atoms with van der Waals surface area (Å²) in [5.74, 6) is -1.35. The van der Waals surface area contributed by atoms with Crippen LogP contribution in [0.1, 0.15) is 10.4 Å². The van der Waals surface area contributed by atoms with Gasteiger partial charge in [0.25, 0.3) is 0 Å². The number of benzene rings is 2. The molecule has 2 aromatic rings. The summed E-state index contributed by atoms with van der Waals surface area (Å²) in [5.41, 5.74) is 0.0696. The lowest BCUT2D eigenvalue weighted by Crippen LogP contribution is -1.96. The van der Waals surface area contributed by atoms with E-state index in [1.807, 2.05) is 0 Å². The van der Waals surface area contributed by atoms with Crippen molar-refractivity contribution in [3.8, 4) is 0 Å². The highest BCUT2D eigenvalue weighted by molar-refractivity contribution is 7.99. The van der Waals surface area contributed by atoms with Crippen LogP contribution in [0.2, 0.25) is 5.02 Å². The number of hydrogen-bond acceptors (Lipinski definition) is 2. The van der Waals surface area contributed by atoms with Crippen molar-refractivity contribution in [3.63, 3.8) is 0 Å². The molecule has 2 rings (SSSR count). The van der Waals surface area contributed by atoms with Crippen LogP contribution in [0, 0.1) is 5.82 Å². The summed E-state index contributed by atoms with van der Waals surface area (Å²) in [6, 6.07) is 10.8. The summed E-state index contributed by atoms with van der Waals surface area (Å²) < 4.78 is 12.7. The lowest BCUT2D eigenvalue weighted by molar-refractivity contribution is 0.0697. The van der Waals surface area contributed by atoms with Gasteiger partial charge in [-0.05, 0) is 42.5 Å². The number of carboxylic acids is 1. The Morgan fingerprint density at radius 1 is 1.11 bits per heavy atom. The van der Waals surface area contributed by atoms with E-state index in [9.17, 15) is 9.18 Å². The Morgan fingerprint density at radius 2 is 1.72 bits per heavy atom. The third kappa shape index (κ3) is 3.03. The minimum Gasteiger partial charge on any atom is -0.478 e. The van der Waals surface area contributed by atoms with Crippen LogP contribution in [0.15, 0.2) is 52.3 Å². The molecule has 0 fully saturated rings. The number of carbonyl (C=O) groups is 1. The molecule has 0 aliphatic heterocycles. The molecule has 0 bridgehead atoms. The summed E-state index contributed by atoms with van der Waals surface area (Å²) in [6.45, 7) is 0. The molecule has 0 aliphatic rings. The van der Waals surface area contributed by atoms with E-state index in [4.69, 9.17) is 16.7 Å². The Morgan fingerprint density at radius 3 is 2.28 bits per heavy atom. The maximum atomic E-state index is 12.7. The van der Waals surface area contributed by atoms with Gasteiger partial charge in [-0.1, -0.05) is 23.4 Å². The quantitative estimate of drug-likeness (QED) is 0.910. The Kier molecular flexibility index (Phi) is 3.89. The molecule has 0 unspecified atom stereocenters. The first-order valence-corrected chi connectivity index (χ1v) is 6.22. The van der Waals surface area contributed by atoms with Gasteiger partial charge in [-0.15, -0.1) is 0 Å². The number of rotatable bonds is 3. The molecule has 1 N–H and O–H groups in total. The molecule has 0 amide bonds. The molecule has 2 aromatic carbocycles. The number of halogens is 2. The van der Waals surface area contributed by atoms with Gasteiger partial charge >= 0.3 is 5.97 Å². The van der Waals surface area contributed by atoms with Gasteiger partial charge in [0.1, 0.15) is 5.82 Å². The fourth-order valence-electron chi connectivity index (χ4n) is 1.37. The zero-order chi connectivity index (χ0) is 13.1. The maximum Gasteiger partial charge on any atom is 0.337 e. The molecule has 0 saturated heterocycles. The Labute approximate surface area is 112 Å². The van der Waals surface area contributed by atoms with Gasteiger partial charge < -0.3 is 5.11 Å². The van der Waals surface area contributed by atoms with Gasteiger partial charge in [-0.3, -0.25) is 0 Å². The van der Waals surface area contributed by atoms with Crippen molar-refractivity contribution < 1.29 is 14.3 Å². The molecule has 0 heterocycles. The standard InChI is InChI=1S/C13H8ClFO2S/c14-12-7-10(5-6-11(12)13(16)17)18-9-3-1-8(15)2-4-9/h1-7H,(H,16,17). The number of aromatic carboxylic acids is 1. The molecule has 0 radical (unpaired) electrons. The van der Waals surface area contributed by atoms with Crippen LogP contribution in [0.4, 0.5) is 4.39 Å². The molecule has 0 aromatic heterocycles. The first-order chi connectivity index (χ1) is 8.56. The van der Waals surface area contributed by atoms with Gasteiger partial charge in [0.15, 0.2) is 0 Å². The van der Waals surface area contributed by atoms with Crippen LogP contribution in [0.3, 0.4) is 0 Å². The SMILES string of the molecule is O=C(O)c1ccc(Sc2ccc(F)cc2)cc1Cl. The fraction of sp³-hybridized carbons (Fsp3) is 0. The van der Waals surface area contributed by atoms with Crippen LogP contribution in [0.5, 0.6) is 0 Å². The topological polar surface area (TPSA) is 37.3 Å². The largest absolute Gasteiger partial charge is 0.478 e.